The summed E-state index contributed by atoms with van der Waals surface area (Å²) in [5, 5.41) is 0.773. The molecule has 0 spiro atoms. The lowest BCUT2D eigenvalue weighted by atomic mass is 9.98. The van der Waals surface area contributed by atoms with Gasteiger partial charge in [0.2, 0.25) is 0 Å². The molecule has 2 N–H and O–H groups in total. The largest absolute Gasteiger partial charge is 0.424 e. The van der Waals surface area contributed by atoms with Crippen molar-refractivity contribution >= 4 is 28.4 Å². The summed E-state index contributed by atoms with van der Waals surface area (Å²) >= 11 is 0. The Bertz CT molecular complexity index is 1740. The van der Waals surface area contributed by atoms with Gasteiger partial charge in [-0.3, -0.25) is 4.79 Å². The zero-order chi connectivity index (χ0) is 27.3. The highest BCUT2D eigenvalue weighted by atomic mass is 16.5. The Hall–Kier alpha value is -5.05. The van der Waals surface area contributed by atoms with Gasteiger partial charge in [0.05, 0.1) is 11.1 Å². The van der Waals surface area contributed by atoms with Gasteiger partial charge in [0, 0.05) is 41.8 Å². The summed E-state index contributed by atoms with van der Waals surface area (Å²) in [6.07, 6.45) is 3.81. The lowest BCUT2D eigenvalue weighted by Gasteiger charge is -2.21. The first kappa shape index (κ1) is 24.3. The molecule has 1 aliphatic rings. The predicted octanol–water partition coefficient (Wildman–Crippen LogP) is 5.46. The summed E-state index contributed by atoms with van der Waals surface area (Å²) in [5.41, 5.74) is 13.2. The molecule has 9 heteroatoms. The molecular weight excluding hydrogens is 490 g/mol. The molecule has 1 aliphatic heterocycles. The quantitative estimate of drug-likeness (QED) is 0.308. The van der Waals surface area contributed by atoms with E-state index >= 15 is 0 Å². The van der Waals surface area contributed by atoms with Crippen molar-refractivity contribution in [3.05, 3.63) is 85.0 Å². The van der Waals surface area contributed by atoms with Crippen molar-refractivity contribution in [3.63, 3.8) is 0 Å². The summed E-state index contributed by atoms with van der Waals surface area (Å²) in [7, 11) is 1.96. The highest BCUT2D eigenvalue weighted by molar-refractivity contribution is 6.09. The Balaban J connectivity index is 1.43. The summed E-state index contributed by atoms with van der Waals surface area (Å²) < 4.78 is 7.87. The second-order valence-corrected chi connectivity index (χ2v) is 9.73. The number of nitrogens with two attached hydrogens (primary N) is 1. The Morgan fingerprint density at radius 2 is 1.72 bits per heavy atom. The molecule has 9 nitrogen and oxygen atoms in total. The van der Waals surface area contributed by atoms with E-state index in [9.17, 15) is 4.79 Å². The molecule has 6 rings (SSSR count). The lowest BCUT2D eigenvalue weighted by Crippen LogP contribution is -2.30. The number of nitrogen functional groups attached to an aromatic ring is 1. The minimum atomic E-state index is -0.0260. The van der Waals surface area contributed by atoms with E-state index in [1.165, 1.54) is 6.33 Å². The molecule has 194 valence electrons. The fourth-order valence-electron chi connectivity index (χ4n) is 5.22. The maximum atomic E-state index is 12.7. The van der Waals surface area contributed by atoms with Crippen molar-refractivity contribution in [2.45, 2.75) is 26.3 Å². The van der Waals surface area contributed by atoms with Gasteiger partial charge in [0.1, 0.15) is 23.5 Å². The third kappa shape index (κ3) is 4.17. The Kier molecular flexibility index (Phi) is 5.83. The first-order chi connectivity index (χ1) is 18.8. The Morgan fingerprint density at radius 1 is 1.00 bits per heavy atom. The first-order valence-corrected chi connectivity index (χ1v) is 12.6. The average molecular weight is 518 g/mol. The summed E-state index contributed by atoms with van der Waals surface area (Å²) in [6.45, 7) is 7.84. The van der Waals surface area contributed by atoms with Crippen molar-refractivity contribution in [2.75, 3.05) is 10.6 Å². The van der Waals surface area contributed by atoms with E-state index in [-0.39, 0.29) is 11.9 Å². The highest BCUT2D eigenvalue weighted by Gasteiger charge is 2.32. The number of anilines is 2. The number of hydrogen-bond acceptors (Lipinski definition) is 7. The molecule has 2 aromatic carbocycles. The van der Waals surface area contributed by atoms with Crippen LogP contribution < -0.4 is 15.4 Å². The van der Waals surface area contributed by atoms with Crippen LogP contribution >= 0.6 is 0 Å². The van der Waals surface area contributed by atoms with Gasteiger partial charge < -0.3 is 19.9 Å². The second kappa shape index (κ2) is 9.36. The molecular formula is C30H27N7O2. The van der Waals surface area contributed by atoms with Gasteiger partial charge in [-0.1, -0.05) is 30.8 Å². The average Bonchev–Trinajstić information content (AvgIpc) is 3.37. The molecule has 1 atom stereocenters. The Labute approximate surface area is 225 Å². The van der Waals surface area contributed by atoms with E-state index in [0.29, 0.717) is 29.6 Å². The van der Waals surface area contributed by atoms with Crippen LogP contribution in [-0.2, 0) is 11.8 Å². The number of nitrogens with zero attached hydrogens (tertiary/aromatic N) is 6. The molecule has 1 saturated heterocycles. The minimum absolute atomic E-state index is 0.0260. The SMILES string of the molecule is C=C1C[C@@H](C)N(c2ccc(-c3c(-c4ccc(Oc5nccc(C)n5)cc4)c4c(N)ncnc4n3C)cc2)C1=O. The van der Waals surface area contributed by atoms with E-state index in [1.807, 2.05) is 80.1 Å². The number of benzene rings is 2. The monoisotopic (exact) mass is 517 g/mol. The number of hydrogen-bond donors (Lipinski definition) is 1. The number of aryl methyl sites for hydroxylation is 2. The van der Waals surface area contributed by atoms with E-state index in [4.69, 9.17) is 10.5 Å². The topological polar surface area (TPSA) is 112 Å². The van der Waals surface area contributed by atoms with Crippen LogP contribution in [0.3, 0.4) is 0 Å². The van der Waals surface area contributed by atoms with Gasteiger partial charge in [-0.25, -0.2) is 19.9 Å². The fraction of sp³-hybridized carbons (Fsp3) is 0.167. The summed E-state index contributed by atoms with van der Waals surface area (Å²) in [4.78, 5) is 31.7. The zero-order valence-electron chi connectivity index (χ0n) is 21.9. The molecule has 4 heterocycles. The van der Waals surface area contributed by atoms with Gasteiger partial charge in [-0.15, -0.1) is 0 Å². The van der Waals surface area contributed by atoms with E-state index in [1.54, 1.807) is 11.1 Å². The lowest BCUT2D eigenvalue weighted by molar-refractivity contribution is -0.114. The number of amides is 1. The first-order valence-electron chi connectivity index (χ1n) is 12.6. The third-order valence-electron chi connectivity index (χ3n) is 7.04. The maximum absolute atomic E-state index is 12.7. The van der Waals surface area contributed by atoms with Gasteiger partial charge in [-0.2, -0.15) is 0 Å². The second-order valence-electron chi connectivity index (χ2n) is 9.73. The fourth-order valence-corrected chi connectivity index (χ4v) is 5.22. The molecule has 0 unspecified atom stereocenters. The van der Waals surface area contributed by atoms with Gasteiger partial charge in [0.25, 0.3) is 5.91 Å². The van der Waals surface area contributed by atoms with E-state index < -0.39 is 0 Å². The van der Waals surface area contributed by atoms with Crippen LogP contribution in [0.4, 0.5) is 11.5 Å². The number of rotatable bonds is 5. The number of carbonyl (C=O) groups is 1. The Morgan fingerprint density at radius 3 is 2.38 bits per heavy atom. The van der Waals surface area contributed by atoms with Crippen molar-refractivity contribution in [3.8, 4) is 34.1 Å². The molecule has 0 aliphatic carbocycles. The van der Waals surface area contributed by atoms with Crippen LogP contribution in [0.15, 0.2) is 79.3 Å². The molecule has 0 radical (unpaired) electrons. The summed E-state index contributed by atoms with van der Waals surface area (Å²) in [5.74, 6) is 0.990. The molecule has 0 bridgehead atoms. The number of aromatic nitrogens is 5. The van der Waals surface area contributed by atoms with Gasteiger partial charge in [0.15, 0.2) is 0 Å². The smallest absolute Gasteiger partial charge is 0.322 e. The van der Waals surface area contributed by atoms with E-state index in [2.05, 4.69) is 26.5 Å². The van der Waals surface area contributed by atoms with Crippen LogP contribution in [0.2, 0.25) is 0 Å². The molecule has 0 saturated carbocycles. The zero-order valence-corrected chi connectivity index (χ0v) is 21.9. The van der Waals surface area contributed by atoms with Crippen LogP contribution in [0.5, 0.6) is 11.8 Å². The minimum Gasteiger partial charge on any atom is -0.424 e. The summed E-state index contributed by atoms with van der Waals surface area (Å²) in [6, 6.07) is 17.9. The van der Waals surface area contributed by atoms with Crippen molar-refractivity contribution in [1.82, 2.24) is 24.5 Å². The molecule has 1 amide bonds. The number of fused-ring (bicyclic) bond motifs is 1. The van der Waals surface area contributed by atoms with Crippen LogP contribution in [-0.4, -0.2) is 36.5 Å². The molecule has 39 heavy (non-hydrogen) atoms. The van der Waals surface area contributed by atoms with Crippen molar-refractivity contribution < 1.29 is 9.53 Å². The number of ether oxygens (including phenoxy) is 1. The van der Waals surface area contributed by atoms with Gasteiger partial charge >= 0.3 is 6.01 Å². The van der Waals surface area contributed by atoms with Crippen molar-refractivity contribution in [2.24, 2.45) is 7.05 Å². The molecule has 1 fully saturated rings. The maximum Gasteiger partial charge on any atom is 0.322 e. The van der Waals surface area contributed by atoms with Crippen LogP contribution in [0.1, 0.15) is 19.0 Å². The molecule has 5 aromatic rings. The number of carbonyl (C=O) groups excluding carboxylic acids is 1. The van der Waals surface area contributed by atoms with Crippen LogP contribution in [0.25, 0.3) is 33.4 Å². The van der Waals surface area contributed by atoms with Crippen LogP contribution in [0, 0.1) is 6.92 Å². The van der Waals surface area contributed by atoms with E-state index in [0.717, 1.165) is 44.8 Å². The third-order valence-corrected chi connectivity index (χ3v) is 7.04. The predicted molar refractivity (Wildman–Crippen MR) is 151 cm³/mol. The highest BCUT2D eigenvalue weighted by Crippen LogP contribution is 2.42. The van der Waals surface area contributed by atoms with Crippen molar-refractivity contribution in [1.29, 1.82) is 0 Å². The van der Waals surface area contributed by atoms with Gasteiger partial charge in [-0.05, 0) is 61.7 Å². The normalized spacial score (nSPS) is 15.4. The molecule has 3 aromatic heterocycles. The standard InChI is InChI=1S/C30H27N7O2/c1-17-15-19(3)37(29(17)38)22-9-5-21(6-10-22)26-24(25-27(31)33-16-34-28(25)36(26)4)20-7-11-23(12-8-20)39-30-32-14-13-18(2)35-30/h5-14,16,19H,1,15H2,2-4H3,(H2,31,33,34)/t19-/m1/s1.